The molecule has 0 aliphatic carbocycles. The number of thiophene rings is 2. The predicted molar refractivity (Wildman–Crippen MR) is 120 cm³/mol. The maximum Gasteiger partial charge on any atom is 0.264 e. The van der Waals surface area contributed by atoms with E-state index < -0.39 is 0 Å². The van der Waals surface area contributed by atoms with Crippen molar-refractivity contribution in [3.8, 4) is 5.75 Å². The fourth-order valence-corrected chi connectivity index (χ4v) is 5.24. The quantitative estimate of drug-likeness (QED) is 0.558. The second-order valence-electron chi connectivity index (χ2n) is 7.48. The lowest BCUT2D eigenvalue weighted by atomic mass is 10.1. The Morgan fingerprint density at radius 2 is 1.79 bits per heavy atom. The van der Waals surface area contributed by atoms with Crippen LogP contribution in [0.15, 0.2) is 47.2 Å². The zero-order valence-electron chi connectivity index (χ0n) is 16.9. The van der Waals surface area contributed by atoms with Gasteiger partial charge in [-0.05, 0) is 47.9 Å². The Morgan fingerprint density at radius 1 is 1.03 bits per heavy atom. The molecule has 152 valence electrons. The van der Waals surface area contributed by atoms with Crippen molar-refractivity contribution in [3.05, 3.63) is 73.6 Å². The minimum absolute atomic E-state index is 0.143. The van der Waals surface area contributed by atoms with Gasteiger partial charge in [0, 0.05) is 43.2 Å². The molecule has 0 saturated carbocycles. The highest BCUT2D eigenvalue weighted by molar-refractivity contribution is 7.12. The SMILES string of the molecule is Cc1cccc(C)c1OCc1csc(C(=O)N2CCN(Cc3cccs3)CC2)c1. The van der Waals surface area contributed by atoms with Crippen LogP contribution in [0, 0.1) is 13.8 Å². The molecule has 6 heteroatoms. The summed E-state index contributed by atoms with van der Waals surface area (Å²) in [5.74, 6) is 1.08. The number of rotatable bonds is 6. The molecule has 0 bridgehead atoms. The number of carbonyl (C=O) groups excluding carboxylic acids is 1. The Bertz CT molecular complexity index is 937. The van der Waals surface area contributed by atoms with Crippen molar-refractivity contribution in [1.82, 2.24) is 9.80 Å². The van der Waals surface area contributed by atoms with Gasteiger partial charge in [0.05, 0.1) is 4.88 Å². The van der Waals surface area contributed by atoms with E-state index in [1.807, 2.05) is 22.4 Å². The second-order valence-corrected chi connectivity index (χ2v) is 9.42. The van der Waals surface area contributed by atoms with E-state index in [-0.39, 0.29) is 5.91 Å². The molecule has 1 amide bonds. The zero-order chi connectivity index (χ0) is 20.2. The van der Waals surface area contributed by atoms with E-state index in [1.165, 1.54) is 16.2 Å². The van der Waals surface area contributed by atoms with Gasteiger partial charge in [-0.2, -0.15) is 0 Å². The standard InChI is InChI=1S/C23H26N2O2S2/c1-17-5-3-6-18(2)22(17)27-15-19-13-21(29-16-19)23(26)25-10-8-24(9-11-25)14-20-7-4-12-28-20/h3-7,12-13,16H,8-11,14-15H2,1-2H3. The second kappa shape index (κ2) is 9.11. The molecule has 3 aromatic rings. The lowest BCUT2D eigenvalue weighted by Gasteiger charge is -2.34. The lowest BCUT2D eigenvalue weighted by molar-refractivity contribution is 0.0634. The average molecular weight is 427 g/mol. The summed E-state index contributed by atoms with van der Waals surface area (Å²) in [4.78, 5) is 19.5. The molecule has 0 radical (unpaired) electrons. The number of hydrogen-bond donors (Lipinski definition) is 0. The smallest absolute Gasteiger partial charge is 0.264 e. The van der Waals surface area contributed by atoms with Crippen molar-refractivity contribution in [2.24, 2.45) is 0 Å². The number of nitrogens with zero attached hydrogens (tertiary/aromatic N) is 2. The van der Waals surface area contributed by atoms with Crippen molar-refractivity contribution in [3.63, 3.8) is 0 Å². The minimum Gasteiger partial charge on any atom is -0.488 e. The molecule has 2 aromatic heterocycles. The summed E-state index contributed by atoms with van der Waals surface area (Å²) in [5.41, 5.74) is 3.33. The highest BCUT2D eigenvalue weighted by atomic mass is 32.1. The first kappa shape index (κ1) is 20.1. The predicted octanol–water partition coefficient (Wildman–Crippen LogP) is 4.96. The maximum atomic E-state index is 12.9. The average Bonchev–Trinajstić information content (AvgIpc) is 3.40. The molecule has 0 N–H and O–H groups in total. The third-order valence-electron chi connectivity index (χ3n) is 5.28. The van der Waals surface area contributed by atoms with Crippen LogP contribution in [0.2, 0.25) is 0 Å². The molecule has 0 unspecified atom stereocenters. The van der Waals surface area contributed by atoms with Gasteiger partial charge in [-0.15, -0.1) is 22.7 Å². The van der Waals surface area contributed by atoms with Crippen LogP contribution < -0.4 is 4.74 Å². The summed E-state index contributed by atoms with van der Waals surface area (Å²) in [6.45, 7) is 9.02. The number of benzene rings is 1. The van der Waals surface area contributed by atoms with Gasteiger partial charge in [-0.1, -0.05) is 24.3 Å². The number of ether oxygens (including phenoxy) is 1. The van der Waals surface area contributed by atoms with E-state index in [0.717, 1.165) is 60.0 Å². The molecule has 1 aliphatic heterocycles. The van der Waals surface area contributed by atoms with E-state index in [0.29, 0.717) is 6.61 Å². The summed E-state index contributed by atoms with van der Waals surface area (Å²) in [6.07, 6.45) is 0. The number of carbonyl (C=O) groups is 1. The monoisotopic (exact) mass is 426 g/mol. The van der Waals surface area contributed by atoms with Crippen LogP contribution in [0.5, 0.6) is 5.75 Å². The van der Waals surface area contributed by atoms with E-state index in [2.05, 4.69) is 48.4 Å². The Morgan fingerprint density at radius 3 is 2.48 bits per heavy atom. The van der Waals surface area contributed by atoms with Gasteiger partial charge in [0.1, 0.15) is 12.4 Å². The third kappa shape index (κ3) is 4.89. The van der Waals surface area contributed by atoms with Gasteiger partial charge in [0.2, 0.25) is 0 Å². The van der Waals surface area contributed by atoms with Gasteiger partial charge in [-0.3, -0.25) is 9.69 Å². The van der Waals surface area contributed by atoms with E-state index in [4.69, 9.17) is 4.74 Å². The molecular formula is C23H26N2O2S2. The van der Waals surface area contributed by atoms with Gasteiger partial charge in [0.25, 0.3) is 5.91 Å². The molecule has 4 rings (SSSR count). The number of para-hydroxylation sites is 1. The molecule has 29 heavy (non-hydrogen) atoms. The fourth-order valence-electron chi connectivity index (χ4n) is 3.63. The number of aryl methyl sites for hydroxylation is 2. The Labute approximate surface area is 180 Å². The van der Waals surface area contributed by atoms with Crippen molar-refractivity contribution in [1.29, 1.82) is 0 Å². The van der Waals surface area contributed by atoms with Gasteiger partial charge in [0.15, 0.2) is 0 Å². The van der Waals surface area contributed by atoms with Gasteiger partial charge < -0.3 is 9.64 Å². The van der Waals surface area contributed by atoms with Crippen LogP contribution >= 0.6 is 22.7 Å². The molecule has 1 saturated heterocycles. The molecule has 0 spiro atoms. The largest absolute Gasteiger partial charge is 0.488 e. The Balaban J connectivity index is 1.30. The third-order valence-corrected chi connectivity index (χ3v) is 7.10. The van der Waals surface area contributed by atoms with Crippen LogP contribution in [-0.4, -0.2) is 41.9 Å². The van der Waals surface area contributed by atoms with E-state index >= 15 is 0 Å². The summed E-state index contributed by atoms with van der Waals surface area (Å²) in [7, 11) is 0. The Kier molecular flexibility index (Phi) is 6.33. The first-order chi connectivity index (χ1) is 14.1. The summed E-state index contributed by atoms with van der Waals surface area (Å²) in [5, 5.41) is 4.15. The molecule has 1 fully saturated rings. The molecule has 1 aromatic carbocycles. The van der Waals surface area contributed by atoms with Crippen LogP contribution in [-0.2, 0) is 13.2 Å². The highest BCUT2D eigenvalue weighted by Crippen LogP contribution is 2.25. The van der Waals surface area contributed by atoms with Crippen LogP contribution in [0.1, 0.15) is 31.2 Å². The minimum atomic E-state index is 0.143. The molecule has 0 atom stereocenters. The van der Waals surface area contributed by atoms with Crippen molar-refractivity contribution in [2.75, 3.05) is 26.2 Å². The van der Waals surface area contributed by atoms with Crippen LogP contribution in [0.4, 0.5) is 0 Å². The van der Waals surface area contributed by atoms with Gasteiger partial charge >= 0.3 is 0 Å². The highest BCUT2D eigenvalue weighted by Gasteiger charge is 2.23. The van der Waals surface area contributed by atoms with Crippen molar-refractivity contribution >= 4 is 28.6 Å². The lowest BCUT2D eigenvalue weighted by Crippen LogP contribution is -2.48. The number of hydrogen-bond acceptors (Lipinski definition) is 5. The van der Waals surface area contributed by atoms with Crippen LogP contribution in [0.25, 0.3) is 0 Å². The number of amides is 1. The number of piperazine rings is 1. The topological polar surface area (TPSA) is 32.8 Å². The summed E-state index contributed by atoms with van der Waals surface area (Å²) in [6, 6.07) is 12.4. The Hall–Kier alpha value is -2.15. The fraction of sp³-hybridized carbons (Fsp3) is 0.348. The van der Waals surface area contributed by atoms with E-state index in [1.54, 1.807) is 11.3 Å². The molecule has 4 nitrogen and oxygen atoms in total. The molecular weight excluding hydrogens is 400 g/mol. The maximum absolute atomic E-state index is 12.9. The molecule has 3 heterocycles. The van der Waals surface area contributed by atoms with E-state index in [9.17, 15) is 4.79 Å². The first-order valence-corrected chi connectivity index (χ1v) is 11.7. The van der Waals surface area contributed by atoms with Crippen LogP contribution in [0.3, 0.4) is 0 Å². The molecule has 1 aliphatic rings. The first-order valence-electron chi connectivity index (χ1n) is 9.90. The summed E-state index contributed by atoms with van der Waals surface area (Å²) >= 11 is 3.31. The van der Waals surface area contributed by atoms with Gasteiger partial charge in [-0.25, -0.2) is 0 Å². The normalized spacial score (nSPS) is 14.9. The summed E-state index contributed by atoms with van der Waals surface area (Å²) < 4.78 is 6.03. The van der Waals surface area contributed by atoms with Crippen molar-refractivity contribution < 1.29 is 9.53 Å². The van der Waals surface area contributed by atoms with Crippen molar-refractivity contribution in [2.45, 2.75) is 27.0 Å². The zero-order valence-corrected chi connectivity index (χ0v) is 18.5.